The van der Waals surface area contributed by atoms with E-state index in [1.807, 2.05) is 6.08 Å². The SMILES string of the molecule is CCCOC(=O)/C=C/C[Si](O)(C(CC(CCC1CCCC1)C1CCCC1)C1CCCC1)C1(C2CCCC2)CC(C2CCCC2)CC(C2CCCC2)CC(C2CCCC2)C1. The van der Waals surface area contributed by atoms with Gasteiger partial charge in [0.2, 0.25) is 8.32 Å². The van der Waals surface area contributed by atoms with Gasteiger partial charge >= 0.3 is 5.97 Å². The summed E-state index contributed by atoms with van der Waals surface area (Å²) in [4.78, 5) is 28.6. The molecule has 5 atom stereocenters. The van der Waals surface area contributed by atoms with Crippen LogP contribution in [0.1, 0.15) is 238 Å². The lowest BCUT2D eigenvalue weighted by Gasteiger charge is -2.59. The molecule has 0 aromatic rings. The van der Waals surface area contributed by atoms with Gasteiger partial charge in [0.1, 0.15) is 0 Å². The molecule has 0 aromatic heterocycles. The molecule has 0 heterocycles. The Labute approximate surface area is 365 Å². The molecule has 0 radical (unpaired) electrons. The summed E-state index contributed by atoms with van der Waals surface area (Å²) in [5, 5.41) is 0.0707. The maximum absolute atomic E-state index is 15.3. The van der Waals surface area contributed by atoms with Gasteiger partial charge in [-0.15, -0.1) is 0 Å². The topological polar surface area (TPSA) is 46.5 Å². The highest BCUT2D eigenvalue weighted by atomic mass is 28.4. The third-order valence-electron chi connectivity index (χ3n) is 20.4. The first-order valence-corrected chi connectivity index (χ1v) is 29.7. The van der Waals surface area contributed by atoms with E-state index in [2.05, 4.69) is 13.0 Å². The summed E-state index contributed by atoms with van der Waals surface area (Å²) in [6, 6.07) is 0.812. The fraction of sp³-hybridized carbons (Fsp3) is 0.945. The minimum Gasteiger partial charge on any atom is -0.463 e. The molecule has 0 spiro atoms. The molecule has 59 heavy (non-hydrogen) atoms. The number of carbonyl (C=O) groups is 1. The Balaban J connectivity index is 1.24. The number of hydrogen-bond donors (Lipinski definition) is 1. The van der Waals surface area contributed by atoms with E-state index in [-0.39, 0.29) is 11.0 Å². The molecule has 8 rings (SSSR count). The lowest BCUT2D eigenvalue weighted by atomic mass is 9.62. The summed E-state index contributed by atoms with van der Waals surface area (Å²) in [5.41, 5.74) is 0.481. The van der Waals surface area contributed by atoms with Gasteiger partial charge in [-0.25, -0.2) is 4.79 Å². The molecular weight excluding hydrogens is 737 g/mol. The Hall–Kier alpha value is -0.613. The van der Waals surface area contributed by atoms with Crippen molar-refractivity contribution in [3.05, 3.63) is 12.2 Å². The third-order valence-corrected chi connectivity index (χ3v) is 25.8. The Morgan fingerprint density at radius 2 is 1.10 bits per heavy atom. The monoisotopic (exact) mass is 831 g/mol. The molecule has 0 amide bonds. The molecule has 1 N–H and O–H groups in total. The fourth-order valence-corrected chi connectivity index (χ4v) is 23.4. The molecule has 5 unspecified atom stereocenters. The van der Waals surface area contributed by atoms with Gasteiger partial charge in [0.15, 0.2) is 0 Å². The summed E-state index contributed by atoms with van der Waals surface area (Å²) >= 11 is 0. The molecule has 0 aliphatic heterocycles. The average Bonchev–Trinajstić information content (AvgIpc) is 4.09. The molecule has 0 saturated heterocycles. The van der Waals surface area contributed by atoms with Crippen LogP contribution in [0.5, 0.6) is 0 Å². The zero-order valence-electron chi connectivity index (χ0n) is 38.7. The molecular formula is C55H94O3Si. The van der Waals surface area contributed by atoms with E-state index in [0.717, 1.165) is 65.7 Å². The van der Waals surface area contributed by atoms with Crippen LogP contribution < -0.4 is 0 Å². The first-order valence-electron chi connectivity index (χ1n) is 27.5. The molecule has 0 bridgehead atoms. The molecule has 0 aromatic carbocycles. The van der Waals surface area contributed by atoms with Crippen molar-refractivity contribution in [3.63, 3.8) is 0 Å². The maximum atomic E-state index is 15.3. The van der Waals surface area contributed by atoms with Crippen molar-refractivity contribution in [2.24, 2.45) is 65.1 Å². The Bertz CT molecular complexity index is 1240. The Morgan fingerprint density at radius 1 is 0.627 bits per heavy atom. The van der Waals surface area contributed by atoms with E-state index in [1.54, 1.807) is 0 Å². The second kappa shape index (κ2) is 21.8. The molecule has 336 valence electrons. The molecule has 3 nitrogen and oxygen atoms in total. The van der Waals surface area contributed by atoms with E-state index >= 15 is 4.80 Å². The highest BCUT2D eigenvalue weighted by Gasteiger charge is 2.64. The smallest absolute Gasteiger partial charge is 0.330 e. The molecule has 8 saturated carbocycles. The predicted molar refractivity (Wildman–Crippen MR) is 250 cm³/mol. The van der Waals surface area contributed by atoms with Crippen LogP contribution in [-0.2, 0) is 9.53 Å². The van der Waals surface area contributed by atoms with Gasteiger partial charge in [-0.05, 0) is 127 Å². The zero-order valence-corrected chi connectivity index (χ0v) is 39.7. The van der Waals surface area contributed by atoms with Gasteiger partial charge < -0.3 is 9.53 Å². The first kappa shape index (κ1) is 45.0. The molecule has 8 aliphatic rings. The molecule has 8 fully saturated rings. The first-order chi connectivity index (χ1) is 29.0. The number of hydrogen-bond acceptors (Lipinski definition) is 3. The van der Waals surface area contributed by atoms with Gasteiger partial charge in [-0.3, -0.25) is 0 Å². The summed E-state index contributed by atoms with van der Waals surface area (Å²) in [6.45, 7) is 2.60. The van der Waals surface area contributed by atoms with Crippen molar-refractivity contribution >= 4 is 14.3 Å². The fourth-order valence-electron chi connectivity index (χ4n) is 17.5. The van der Waals surface area contributed by atoms with Crippen LogP contribution in [-0.4, -0.2) is 25.7 Å². The van der Waals surface area contributed by atoms with E-state index in [0.29, 0.717) is 24.0 Å². The Kier molecular flexibility index (Phi) is 16.7. The quantitative estimate of drug-likeness (QED) is 0.0850. The van der Waals surface area contributed by atoms with E-state index in [4.69, 9.17) is 4.74 Å². The van der Waals surface area contributed by atoms with Crippen molar-refractivity contribution in [2.75, 3.05) is 6.61 Å². The van der Waals surface area contributed by atoms with Crippen LogP contribution in [0.3, 0.4) is 0 Å². The summed E-state index contributed by atoms with van der Waals surface area (Å²) in [5.74, 6) is 9.06. The largest absolute Gasteiger partial charge is 0.463 e. The number of allylic oxidation sites excluding steroid dienone is 1. The Morgan fingerprint density at radius 3 is 1.64 bits per heavy atom. The van der Waals surface area contributed by atoms with Crippen LogP contribution in [0.25, 0.3) is 0 Å². The predicted octanol–water partition coefficient (Wildman–Crippen LogP) is 16.1. The van der Waals surface area contributed by atoms with Crippen LogP contribution in [0.15, 0.2) is 12.2 Å². The maximum Gasteiger partial charge on any atom is 0.330 e. The third kappa shape index (κ3) is 10.8. The van der Waals surface area contributed by atoms with E-state index in [1.165, 1.54) is 225 Å². The van der Waals surface area contributed by atoms with Gasteiger partial charge in [0.25, 0.3) is 0 Å². The lowest BCUT2D eigenvalue weighted by molar-refractivity contribution is -0.137. The second-order valence-corrected chi connectivity index (χ2v) is 27.5. The highest BCUT2D eigenvalue weighted by Crippen LogP contribution is 2.69. The van der Waals surface area contributed by atoms with Crippen LogP contribution in [0.4, 0.5) is 0 Å². The number of rotatable bonds is 18. The zero-order chi connectivity index (χ0) is 40.5. The van der Waals surface area contributed by atoms with Crippen molar-refractivity contribution in [3.8, 4) is 0 Å². The normalized spacial score (nSPS) is 34.0. The summed E-state index contributed by atoms with van der Waals surface area (Å²) in [6.07, 6.45) is 54.9. The van der Waals surface area contributed by atoms with Crippen LogP contribution in [0, 0.1) is 65.1 Å². The average molecular weight is 831 g/mol. The van der Waals surface area contributed by atoms with Crippen molar-refractivity contribution in [1.82, 2.24) is 0 Å². The van der Waals surface area contributed by atoms with Crippen molar-refractivity contribution in [1.29, 1.82) is 0 Å². The number of carbonyl (C=O) groups excluding carboxylic acids is 1. The van der Waals surface area contributed by atoms with Crippen molar-refractivity contribution in [2.45, 2.75) is 255 Å². The second-order valence-electron chi connectivity index (χ2n) is 23.5. The number of ether oxygens (including phenoxy) is 1. The number of esters is 1. The summed E-state index contributed by atoms with van der Waals surface area (Å²) < 4.78 is 5.72. The standard InChI is InChI=1S/C55H94O3Si/c1-2-35-58-54(56)32-17-36-59(57,53(47-28-13-14-29-47)39-48(43-20-5-6-21-43)34-33-42-18-3-4-19-42)55(52-30-15-16-31-52)40-50(45-24-9-10-25-45)37-49(44-22-7-8-23-44)38-51(41-55)46-26-11-12-27-46/h17,32,42-53,57H,2-16,18-31,33-41H2,1H3/b32-17+. The van der Waals surface area contributed by atoms with Gasteiger partial charge in [-0.2, -0.15) is 0 Å². The molecule has 4 heteroatoms. The van der Waals surface area contributed by atoms with Gasteiger partial charge in [-0.1, -0.05) is 199 Å². The van der Waals surface area contributed by atoms with Gasteiger partial charge in [0.05, 0.1) is 6.61 Å². The summed E-state index contributed by atoms with van der Waals surface area (Å²) in [7, 11) is -3.12. The molecule has 8 aliphatic carbocycles. The minimum atomic E-state index is -3.12. The highest BCUT2D eigenvalue weighted by molar-refractivity contribution is 6.77. The van der Waals surface area contributed by atoms with E-state index in [9.17, 15) is 4.79 Å². The van der Waals surface area contributed by atoms with Crippen molar-refractivity contribution < 1.29 is 14.3 Å². The van der Waals surface area contributed by atoms with E-state index < -0.39 is 8.32 Å². The van der Waals surface area contributed by atoms with Crippen LogP contribution >= 0.6 is 0 Å². The minimum absolute atomic E-state index is 0.0707. The van der Waals surface area contributed by atoms with Gasteiger partial charge in [0, 0.05) is 6.08 Å². The van der Waals surface area contributed by atoms with Crippen LogP contribution in [0.2, 0.25) is 16.6 Å². The lowest BCUT2D eigenvalue weighted by Crippen LogP contribution is -2.59.